The van der Waals surface area contributed by atoms with E-state index in [1.54, 1.807) is 12.1 Å². The van der Waals surface area contributed by atoms with Crippen LogP contribution in [0.4, 0.5) is 36.4 Å². The maximum atomic E-state index is 12.3. The molecule has 0 unspecified atom stereocenters. The second-order valence-corrected chi connectivity index (χ2v) is 9.55. The number of aromatic nitrogens is 3. The molecule has 1 aliphatic rings. The van der Waals surface area contributed by atoms with E-state index in [9.17, 15) is 18.0 Å². The van der Waals surface area contributed by atoms with Gasteiger partial charge >= 0.3 is 6.36 Å². The van der Waals surface area contributed by atoms with Crippen LogP contribution in [0.5, 0.6) is 5.75 Å². The van der Waals surface area contributed by atoms with Crippen LogP contribution in [0.2, 0.25) is 0 Å². The Morgan fingerprint density at radius 2 is 1.77 bits per heavy atom. The molecule has 0 bridgehead atoms. The number of ether oxygens (including phenoxy) is 2. The molecule has 1 aromatic heterocycles. The van der Waals surface area contributed by atoms with Gasteiger partial charge in [0.05, 0.1) is 12.7 Å². The molecule has 12 heteroatoms. The zero-order valence-electron chi connectivity index (χ0n) is 22.0. The van der Waals surface area contributed by atoms with Gasteiger partial charge in [-0.15, -0.1) is 13.2 Å². The molecule has 1 saturated heterocycles. The number of carbonyl (C=O) groups excluding carboxylic acids is 1. The van der Waals surface area contributed by atoms with Crippen molar-refractivity contribution in [3.8, 4) is 5.75 Å². The molecule has 3 aromatic rings. The molecule has 0 aliphatic carbocycles. The quantitative estimate of drug-likeness (QED) is 0.359. The predicted octanol–water partition coefficient (Wildman–Crippen LogP) is 5.60. The lowest BCUT2D eigenvalue weighted by atomic mass is 10.1. The van der Waals surface area contributed by atoms with Crippen molar-refractivity contribution in [1.29, 1.82) is 0 Å². The minimum Gasteiger partial charge on any atom is -0.406 e. The maximum absolute atomic E-state index is 12.3. The number of rotatable bonds is 9. The van der Waals surface area contributed by atoms with Crippen molar-refractivity contribution in [1.82, 2.24) is 15.0 Å². The van der Waals surface area contributed by atoms with E-state index in [1.807, 2.05) is 39.0 Å². The van der Waals surface area contributed by atoms with Gasteiger partial charge in [0.1, 0.15) is 12.1 Å². The highest BCUT2D eigenvalue weighted by Crippen LogP contribution is 2.27. The minimum atomic E-state index is -4.71. The molecule has 208 valence electrons. The lowest BCUT2D eigenvalue weighted by Gasteiger charge is -2.32. The van der Waals surface area contributed by atoms with E-state index >= 15 is 0 Å². The van der Waals surface area contributed by atoms with Gasteiger partial charge in [0.25, 0.3) is 0 Å². The van der Waals surface area contributed by atoms with E-state index in [-0.39, 0.29) is 23.7 Å². The molecule has 4 rings (SSSR count). The van der Waals surface area contributed by atoms with Gasteiger partial charge in [-0.05, 0) is 55.2 Å². The fraction of sp³-hybridized carbons (Fsp3) is 0.407. The molecule has 0 spiro atoms. The normalized spacial score (nSPS) is 14.4. The molecular weight excluding hydrogens is 513 g/mol. The van der Waals surface area contributed by atoms with Crippen LogP contribution in [-0.4, -0.2) is 46.4 Å². The summed E-state index contributed by atoms with van der Waals surface area (Å²) in [6.45, 7) is 7.26. The molecule has 0 radical (unpaired) electrons. The number of piperidine rings is 1. The minimum absolute atomic E-state index is 0.0122. The SMILES string of the molecule is Cc1c(NC(=O)C(C)C)cccc1Nc1ncnc(N2CCC(OCc3ccc(OC(F)(F)F)cc3)CC2)n1. The smallest absolute Gasteiger partial charge is 0.406 e. The van der Waals surface area contributed by atoms with Crippen molar-refractivity contribution >= 4 is 29.2 Å². The Labute approximate surface area is 224 Å². The zero-order chi connectivity index (χ0) is 28.0. The summed E-state index contributed by atoms with van der Waals surface area (Å²) in [5.41, 5.74) is 3.14. The van der Waals surface area contributed by atoms with Gasteiger partial charge in [-0.2, -0.15) is 4.98 Å². The first-order chi connectivity index (χ1) is 18.6. The van der Waals surface area contributed by atoms with Gasteiger partial charge in [-0.3, -0.25) is 4.79 Å². The highest BCUT2D eigenvalue weighted by atomic mass is 19.4. The third kappa shape index (κ3) is 8.03. The van der Waals surface area contributed by atoms with Crippen LogP contribution >= 0.6 is 0 Å². The second-order valence-electron chi connectivity index (χ2n) is 9.55. The summed E-state index contributed by atoms with van der Waals surface area (Å²) in [7, 11) is 0. The number of nitrogens with one attached hydrogen (secondary N) is 2. The van der Waals surface area contributed by atoms with Crippen LogP contribution in [0, 0.1) is 12.8 Å². The van der Waals surface area contributed by atoms with Crippen LogP contribution in [0.3, 0.4) is 0 Å². The molecule has 2 aromatic carbocycles. The Hall–Kier alpha value is -3.93. The van der Waals surface area contributed by atoms with Crippen LogP contribution in [0.25, 0.3) is 0 Å². The number of amides is 1. The Balaban J connectivity index is 1.29. The molecule has 2 N–H and O–H groups in total. The first-order valence-corrected chi connectivity index (χ1v) is 12.6. The monoisotopic (exact) mass is 544 g/mol. The van der Waals surface area contributed by atoms with Crippen LogP contribution in [0.15, 0.2) is 48.8 Å². The van der Waals surface area contributed by atoms with Gasteiger partial charge < -0.3 is 25.0 Å². The third-order valence-electron chi connectivity index (χ3n) is 6.29. The number of halogens is 3. The van der Waals surface area contributed by atoms with Gasteiger partial charge in [0, 0.05) is 30.4 Å². The van der Waals surface area contributed by atoms with Crippen molar-refractivity contribution < 1.29 is 27.4 Å². The number of hydrogen-bond donors (Lipinski definition) is 2. The molecule has 0 atom stereocenters. The highest BCUT2D eigenvalue weighted by Gasteiger charge is 2.31. The average molecular weight is 545 g/mol. The zero-order valence-corrected chi connectivity index (χ0v) is 22.0. The summed E-state index contributed by atoms with van der Waals surface area (Å²) in [5, 5.41) is 6.16. The second kappa shape index (κ2) is 12.3. The molecular formula is C27H31F3N6O3. The fourth-order valence-electron chi connectivity index (χ4n) is 4.03. The maximum Gasteiger partial charge on any atom is 0.573 e. The van der Waals surface area contributed by atoms with Gasteiger partial charge in [-0.1, -0.05) is 32.0 Å². The lowest BCUT2D eigenvalue weighted by molar-refractivity contribution is -0.274. The Kier molecular flexibility index (Phi) is 8.85. The van der Waals surface area contributed by atoms with Gasteiger partial charge in [-0.25, -0.2) is 9.97 Å². The average Bonchev–Trinajstić information content (AvgIpc) is 2.90. The number of alkyl halides is 3. The summed E-state index contributed by atoms with van der Waals surface area (Å²) in [5.74, 6) is 0.500. The highest BCUT2D eigenvalue weighted by molar-refractivity contribution is 5.93. The summed E-state index contributed by atoms with van der Waals surface area (Å²) < 4.78 is 46.8. The number of hydrogen-bond acceptors (Lipinski definition) is 8. The molecule has 1 amide bonds. The van der Waals surface area contributed by atoms with E-state index in [4.69, 9.17) is 4.74 Å². The van der Waals surface area contributed by atoms with Gasteiger partial charge in [0.2, 0.25) is 17.8 Å². The standard InChI is InChI=1S/C27H31F3N6O3/c1-17(2)24(37)33-22-5-4-6-23(18(22)3)34-25-31-16-32-26(35-25)36-13-11-20(12-14-36)38-15-19-7-9-21(10-8-19)39-27(28,29)30/h4-10,16-17,20H,11-15H2,1-3H3,(H,33,37)(H,31,32,34,35). The number of carbonyl (C=O) groups is 1. The van der Waals surface area contributed by atoms with E-state index in [0.717, 1.165) is 35.3 Å². The molecule has 1 fully saturated rings. The first kappa shape index (κ1) is 28.1. The summed E-state index contributed by atoms with van der Waals surface area (Å²) in [6.07, 6.45) is -1.74. The molecule has 2 heterocycles. The van der Waals surface area contributed by atoms with E-state index < -0.39 is 6.36 Å². The first-order valence-electron chi connectivity index (χ1n) is 12.6. The fourth-order valence-corrected chi connectivity index (χ4v) is 4.03. The number of benzene rings is 2. The number of nitrogens with zero attached hydrogens (tertiary/aromatic N) is 4. The van der Waals surface area contributed by atoms with Crippen LogP contribution in [0.1, 0.15) is 37.8 Å². The Morgan fingerprint density at radius 3 is 2.44 bits per heavy atom. The molecule has 1 aliphatic heterocycles. The van der Waals surface area contributed by atoms with Crippen LogP contribution < -0.4 is 20.3 Å². The molecule has 9 nitrogen and oxygen atoms in total. The summed E-state index contributed by atoms with van der Waals surface area (Å²) >= 11 is 0. The predicted molar refractivity (Wildman–Crippen MR) is 141 cm³/mol. The third-order valence-corrected chi connectivity index (χ3v) is 6.29. The topological polar surface area (TPSA) is 102 Å². The summed E-state index contributed by atoms with van der Waals surface area (Å²) in [4.78, 5) is 27.3. The van der Waals surface area contributed by atoms with E-state index in [0.29, 0.717) is 31.6 Å². The van der Waals surface area contributed by atoms with Crippen molar-refractivity contribution in [2.75, 3.05) is 28.6 Å². The number of anilines is 4. The Morgan fingerprint density at radius 1 is 1.08 bits per heavy atom. The summed E-state index contributed by atoms with van der Waals surface area (Å²) in [6, 6.07) is 11.3. The Bertz CT molecular complexity index is 1260. The van der Waals surface area contributed by atoms with E-state index in [1.165, 1.54) is 18.5 Å². The van der Waals surface area contributed by atoms with Crippen molar-refractivity contribution in [3.63, 3.8) is 0 Å². The van der Waals surface area contributed by atoms with Crippen LogP contribution in [-0.2, 0) is 16.1 Å². The molecule has 39 heavy (non-hydrogen) atoms. The van der Waals surface area contributed by atoms with Crippen molar-refractivity contribution in [2.24, 2.45) is 5.92 Å². The van der Waals surface area contributed by atoms with Crippen molar-refractivity contribution in [3.05, 3.63) is 59.9 Å². The largest absolute Gasteiger partial charge is 0.573 e. The van der Waals surface area contributed by atoms with Gasteiger partial charge in [0.15, 0.2) is 0 Å². The van der Waals surface area contributed by atoms with E-state index in [2.05, 4.69) is 35.2 Å². The lowest BCUT2D eigenvalue weighted by Crippen LogP contribution is -2.38. The molecule has 0 saturated carbocycles. The van der Waals surface area contributed by atoms with Crippen molar-refractivity contribution in [2.45, 2.75) is 52.7 Å².